The van der Waals surface area contributed by atoms with E-state index >= 15 is 0 Å². The van der Waals surface area contributed by atoms with Crippen LogP contribution >= 0.6 is 23.2 Å². The fourth-order valence-electron chi connectivity index (χ4n) is 2.79. The molecule has 22 heavy (non-hydrogen) atoms. The van der Waals surface area contributed by atoms with Gasteiger partial charge in [-0.15, -0.1) is 0 Å². The van der Waals surface area contributed by atoms with Gasteiger partial charge in [0.2, 0.25) is 0 Å². The normalized spacial score (nSPS) is 11.9. The SMILES string of the molecule is CCCC[C](CCCC)(CCCC)[Sn][c]1cnc(Cl)c(Cl)n1. The van der Waals surface area contributed by atoms with E-state index in [-0.39, 0.29) is 0 Å². The van der Waals surface area contributed by atoms with Crippen LogP contribution < -0.4 is 3.71 Å². The number of hydrogen-bond donors (Lipinski definition) is 0. The molecule has 0 saturated heterocycles. The second-order valence-electron chi connectivity index (χ2n) is 6.05. The van der Waals surface area contributed by atoms with E-state index < -0.39 is 21.1 Å². The Kier molecular flexibility index (Phi) is 10.3. The third-order valence-electron chi connectivity index (χ3n) is 4.11. The van der Waals surface area contributed by atoms with Crippen LogP contribution in [0.2, 0.25) is 13.7 Å². The Morgan fingerprint density at radius 2 is 1.41 bits per heavy atom. The maximum atomic E-state index is 6.08. The summed E-state index contributed by atoms with van der Waals surface area (Å²) in [5.41, 5.74) is 0. The minimum atomic E-state index is -0.853. The molecule has 0 fully saturated rings. The first kappa shape index (κ1) is 20.5. The quantitative estimate of drug-likeness (QED) is 0.396. The number of hydrogen-bond acceptors (Lipinski definition) is 2. The van der Waals surface area contributed by atoms with Crippen molar-refractivity contribution in [1.29, 1.82) is 0 Å². The molecule has 124 valence electrons. The van der Waals surface area contributed by atoms with E-state index in [1.807, 2.05) is 6.20 Å². The minimum absolute atomic E-state index is 0.325. The molecule has 0 unspecified atom stereocenters. The standard InChI is InChI=1S/C13H27.C4HCl2N2.Sn/c1-4-7-10-13(11-8-5-2)12-9-6-3;5-3-4(6)8-2-1-7-3;/h4-12H2,1-3H3;1H;. The van der Waals surface area contributed by atoms with E-state index in [2.05, 4.69) is 30.7 Å². The number of rotatable bonds is 11. The van der Waals surface area contributed by atoms with Gasteiger partial charge in [0.05, 0.1) is 0 Å². The van der Waals surface area contributed by atoms with Crippen LogP contribution in [0.3, 0.4) is 0 Å². The third-order valence-corrected chi connectivity index (χ3v) is 9.82. The van der Waals surface area contributed by atoms with Crippen LogP contribution in [-0.2, 0) is 0 Å². The molecule has 2 radical (unpaired) electrons. The Hall–Kier alpha value is 0.459. The van der Waals surface area contributed by atoms with Crippen LogP contribution in [0.5, 0.6) is 0 Å². The second-order valence-corrected chi connectivity index (χ2v) is 12.0. The first-order chi connectivity index (χ1) is 10.6. The number of halogens is 2. The predicted molar refractivity (Wildman–Crippen MR) is 98.7 cm³/mol. The van der Waals surface area contributed by atoms with E-state index in [0.717, 1.165) is 3.71 Å². The molecule has 2 nitrogen and oxygen atoms in total. The Morgan fingerprint density at radius 3 is 1.82 bits per heavy atom. The van der Waals surface area contributed by atoms with Crippen LogP contribution in [0.1, 0.15) is 78.6 Å². The van der Waals surface area contributed by atoms with Crippen molar-refractivity contribution in [3.63, 3.8) is 0 Å². The van der Waals surface area contributed by atoms with E-state index in [1.54, 1.807) is 0 Å². The molecule has 0 atom stereocenters. The van der Waals surface area contributed by atoms with Gasteiger partial charge in [-0.3, -0.25) is 0 Å². The second kappa shape index (κ2) is 11.1. The van der Waals surface area contributed by atoms with Gasteiger partial charge in [0, 0.05) is 0 Å². The summed E-state index contributed by atoms with van der Waals surface area (Å²) in [7, 11) is 0. The molecule has 0 N–H and O–H groups in total. The molecule has 0 aromatic carbocycles. The molecular formula is C17H28Cl2N2Sn. The average Bonchev–Trinajstić information content (AvgIpc) is 2.52. The van der Waals surface area contributed by atoms with Gasteiger partial charge in [0.1, 0.15) is 0 Å². The molecule has 0 bridgehead atoms. The zero-order valence-corrected chi connectivity index (χ0v) is 18.5. The molecule has 0 amide bonds. The topological polar surface area (TPSA) is 25.8 Å². The zero-order valence-electron chi connectivity index (χ0n) is 14.1. The Morgan fingerprint density at radius 1 is 0.909 bits per heavy atom. The predicted octanol–water partition coefficient (Wildman–Crippen LogP) is 5.84. The molecule has 0 aliphatic rings. The summed E-state index contributed by atoms with van der Waals surface area (Å²) in [6.45, 7) is 6.86. The van der Waals surface area contributed by atoms with Crippen molar-refractivity contribution >= 4 is 48.1 Å². The van der Waals surface area contributed by atoms with Gasteiger partial charge in [0.25, 0.3) is 0 Å². The molecule has 0 aliphatic heterocycles. The summed E-state index contributed by atoms with van der Waals surface area (Å²) >= 11 is 11.1. The summed E-state index contributed by atoms with van der Waals surface area (Å²) in [5.74, 6) is 0. The summed E-state index contributed by atoms with van der Waals surface area (Å²) in [6.07, 6.45) is 13.7. The van der Waals surface area contributed by atoms with Crippen LogP contribution in [0.4, 0.5) is 0 Å². The van der Waals surface area contributed by atoms with Crippen molar-refractivity contribution in [3.8, 4) is 0 Å². The fraction of sp³-hybridized carbons (Fsp3) is 0.765. The molecule has 1 aromatic heterocycles. The summed E-state index contributed by atoms with van der Waals surface area (Å²) in [6, 6.07) is 0. The van der Waals surface area contributed by atoms with Crippen LogP contribution in [-0.4, -0.2) is 31.1 Å². The zero-order chi connectivity index (χ0) is 16.4. The monoisotopic (exact) mass is 450 g/mol. The fourth-order valence-corrected chi connectivity index (χ4v) is 8.21. The number of nitrogens with zero attached hydrogens (tertiary/aromatic N) is 2. The molecule has 0 aliphatic carbocycles. The first-order valence-corrected chi connectivity index (χ1v) is 12.1. The van der Waals surface area contributed by atoms with Gasteiger partial charge < -0.3 is 0 Å². The maximum absolute atomic E-state index is 6.08. The van der Waals surface area contributed by atoms with Gasteiger partial charge in [-0.1, -0.05) is 0 Å². The van der Waals surface area contributed by atoms with Gasteiger partial charge >= 0.3 is 157 Å². The van der Waals surface area contributed by atoms with E-state index in [4.69, 9.17) is 23.2 Å². The first-order valence-electron chi connectivity index (χ1n) is 8.53. The molecule has 0 spiro atoms. The van der Waals surface area contributed by atoms with E-state index in [9.17, 15) is 0 Å². The van der Waals surface area contributed by atoms with Crippen molar-refractivity contribution in [3.05, 3.63) is 16.5 Å². The van der Waals surface area contributed by atoms with Crippen molar-refractivity contribution in [2.24, 2.45) is 0 Å². The molecular weight excluding hydrogens is 422 g/mol. The molecule has 0 saturated carbocycles. The van der Waals surface area contributed by atoms with Gasteiger partial charge in [0.15, 0.2) is 0 Å². The Bertz CT molecular complexity index is 419. The summed E-state index contributed by atoms with van der Waals surface area (Å²) < 4.78 is 1.67. The molecule has 1 aromatic rings. The van der Waals surface area contributed by atoms with Crippen LogP contribution in [0, 0.1) is 0 Å². The Balaban J connectivity index is 2.94. The Labute approximate surface area is 156 Å². The van der Waals surface area contributed by atoms with Crippen molar-refractivity contribution in [1.82, 2.24) is 9.97 Å². The van der Waals surface area contributed by atoms with Crippen LogP contribution in [0.15, 0.2) is 6.20 Å². The van der Waals surface area contributed by atoms with Gasteiger partial charge in [-0.25, -0.2) is 0 Å². The molecule has 5 heteroatoms. The molecule has 1 rings (SSSR count). The van der Waals surface area contributed by atoms with Crippen molar-refractivity contribution < 1.29 is 0 Å². The average molecular weight is 450 g/mol. The number of unbranched alkanes of at least 4 members (excludes halogenated alkanes) is 3. The number of aromatic nitrogens is 2. The molecule has 1 heterocycles. The summed E-state index contributed by atoms with van der Waals surface area (Å²) in [5, 5.41) is 0.696. The van der Waals surface area contributed by atoms with Crippen molar-refractivity contribution in [2.45, 2.75) is 82.0 Å². The van der Waals surface area contributed by atoms with E-state index in [1.165, 1.54) is 57.8 Å². The van der Waals surface area contributed by atoms with Crippen LogP contribution in [0.25, 0.3) is 0 Å². The summed E-state index contributed by atoms with van der Waals surface area (Å²) in [4.78, 5) is 8.75. The van der Waals surface area contributed by atoms with Crippen molar-refractivity contribution in [2.75, 3.05) is 0 Å². The van der Waals surface area contributed by atoms with Gasteiger partial charge in [-0.05, 0) is 0 Å². The third kappa shape index (κ3) is 6.92. The van der Waals surface area contributed by atoms with E-state index in [0.29, 0.717) is 13.7 Å². The van der Waals surface area contributed by atoms with Gasteiger partial charge in [-0.2, -0.15) is 0 Å².